The highest BCUT2D eigenvalue weighted by Gasteiger charge is 2.25. The Kier molecular flexibility index (Phi) is 3.70. The highest BCUT2D eigenvalue weighted by atomic mass is 79.9. The number of hydrogen-bond donors (Lipinski definition) is 0. The van der Waals surface area contributed by atoms with Crippen LogP contribution in [-0.4, -0.2) is 22.6 Å². The molecule has 0 aliphatic carbocycles. The van der Waals surface area contributed by atoms with Crippen molar-refractivity contribution in [1.82, 2.24) is 9.97 Å². The third-order valence-corrected chi connectivity index (χ3v) is 3.85. The van der Waals surface area contributed by atoms with Crippen LogP contribution >= 0.6 is 27.5 Å². The maximum absolute atomic E-state index is 5.84. The van der Waals surface area contributed by atoms with E-state index in [9.17, 15) is 0 Å². The van der Waals surface area contributed by atoms with E-state index < -0.39 is 0 Å². The van der Waals surface area contributed by atoms with Crippen molar-refractivity contribution in [1.29, 1.82) is 0 Å². The minimum absolute atomic E-state index is 0.309. The van der Waals surface area contributed by atoms with Crippen molar-refractivity contribution < 1.29 is 0 Å². The Morgan fingerprint density at radius 2 is 2.25 bits per heavy atom. The van der Waals surface area contributed by atoms with Crippen LogP contribution in [0.25, 0.3) is 0 Å². The Bertz CT molecular complexity index is 385. The number of hydrogen-bond acceptors (Lipinski definition) is 3. The molecule has 0 N–H and O–H groups in total. The molecule has 2 atom stereocenters. The second kappa shape index (κ2) is 4.88. The number of halogens is 2. The SMILES string of the molecule is CC1CCN(c2nc(Cl)ncc2Br)C(C)C1. The van der Waals surface area contributed by atoms with Gasteiger partial charge in [-0.3, -0.25) is 0 Å². The fourth-order valence-corrected chi connectivity index (χ4v) is 2.81. The van der Waals surface area contributed by atoms with Crippen LogP contribution in [0.5, 0.6) is 0 Å². The maximum atomic E-state index is 5.84. The third-order valence-electron chi connectivity index (χ3n) is 3.11. The van der Waals surface area contributed by atoms with Crippen molar-refractivity contribution in [2.75, 3.05) is 11.4 Å². The van der Waals surface area contributed by atoms with Gasteiger partial charge in [0.2, 0.25) is 5.28 Å². The number of piperidine rings is 1. The fraction of sp³-hybridized carbons (Fsp3) is 0.636. The molecule has 1 aliphatic rings. The molecule has 3 nitrogen and oxygen atoms in total. The normalized spacial score (nSPS) is 25.9. The second-order valence-electron chi connectivity index (χ2n) is 4.48. The zero-order chi connectivity index (χ0) is 11.7. The summed E-state index contributed by atoms with van der Waals surface area (Å²) in [5.74, 6) is 1.71. The van der Waals surface area contributed by atoms with Crippen LogP contribution in [0.4, 0.5) is 5.82 Å². The summed E-state index contributed by atoms with van der Waals surface area (Å²) < 4.78 is 0.915. The van der Waals surface area contributed by atoms with E-state index >= 15 is 0 Å². The first-order valence-corrected chi connectivity index (χ1v) is 6.69. The van der Waals surface area contributed by atoms with Gasteiger partial charge in [-0.05, 0) is 53.2 Å². The van der Waals surface area contributed by atoms with Gasteiger partial charge in [0.15, 0.2) is 0 Å². The van der Waals surface area contributed by atoms with E-state index in [2.05, 4.69) is 44.6 Å². The molecule has 2 unspecified atom stereocenters. The van der Waals surface area contributed by atoms with E-state index in [0.29, 0.717) is 11.3 Å². The van der Waals surface area contributed by atoms with E-state index in [-0.39, 0.29) is 0 Å². The first kappa shape index (κ1) is 12.1. The average Bonchev–Trinajstić information content (AvgIpc) is 2.22. The smallest absolute Gasteiger partial charge is 0.224 e. The first-order valence-electron chi connectivity index (χ1n) is 5.52. The largest absolute Gasteiger partial charge is 0.353 e. The molecule has 16 heavy (non-hydrogen) atoms. The van der Waals surface area contributed by atoms with E-state index in [0.717, 1.165) is 22.8 Å². The molecule has 0 aromatic carbocycles. The minimum Gasteiger partial charge on any atom is -0.353 e. The number of anilines is 1. The average molecular weight is 305 g/mol. The van der Waals surface area contributed by atoms with Gasteiger partial charge in [0.25, 0.3) is 0 Å². The molecule has 88 valence electrons. The Hall–Kier alpha value is -0.350. The topological polar surface area (TPSA) is 29.0 Å². The van der Waals surface area contributed by atoms with E-state index in [4.69, 9.17) is 11.6 Å². The summed E-state index contributed by atoms with van der Waals surface area (Å²) in [6.45, 7) is 5.57. The van der Waals surface area contributed by atoms with Gasteiger partial charge in [0.05, 0.1) is 4.47 Å². The number of rotatable bonds is 1. The standard InChI is InChI=1S/C11H15BrClN3/c1-7-3-4-16(8(2)5-7)10-9(12)6-14-11(13)15-10/h6-8H,3-5H2,1-2H3. The van der Waals surface area contributed by atoms with Gasteiger partial charge < -0.3 is 4.90 Å². The minimum atomic E-state index is 0.309. The summed E-state index contributed by atoms with van der Waals surface area (Å²) in [7, 11) is 0. The predicted octanol–water partition coefficient (Wildman–Crippen LogP) is 3.52. The van der Waals surface area contributed by atoms with Crippen molar-refractivity contribution in [3.8, 4) is 0 Å². The molecule has 0 amide bonds. The third kappa shape index (κ3) is 2.48. The van der Waals surface area contributed by atoms with Crippen molar-refractivity contribution in [2.45, 2.75) is 32.7 Å². The predicted molar refractivity (Wildman–Crippen MR) is 69.9 cm³/mol. The summed E-state index contributed by atoms with van der Waals surface area (Å²) in [6.07, 6.45) is 4.13. The molecular formula is C11H15BrClN3. The lowest BCUT2D eigenvalue weighted by Crippen LogP contribution is -2.41. The van der Waals surface area contributed by atoms with Gasteiger partial charge in [0, 0.05) is 18.8 Å². The lowest BCUT2D eigenvalue weighted by atomic mass is 9.93. The Balaban J connectivity index is 2.26. The first-order chi connectivity index (χ1) is 7.58. The van der Waals surface area contributed by atoms with Gasteiger partial charge in [-0.25, -0.2) is 4.98 Å². The zero-order valence-corrected chi connectivity index (χ0v) is 11.8. The van der Waals surface area contributed by atoms with Crippen molar-refractivity contribution in [3.63, 3.8) is 0 Å². The Labute approximate surface area is 109 Å². The number of aromatic nitrogens is 2. The van der Waals surface area contributed by atoms with Gasteiger partial charge in [-0.2, -0.15) is 4.98 Å². The van der Waals surface area contributed by atoms with Crippen LogP contribution in [0.1, 0.15) is 26.7 Å². The molecule has 1 fully saturated rings. The molecule has 2 rings (SSSR count). The van der Waals surface area contributed by atoms with Crippen LogP contribution in [0, 0.1) is 5.92 Å². The molecule has 0 bridgehead atoms. The van der Waals surface area contributed by atoms with Crippen LogP contribution in [-0.2, 0) is 0 Å². The molecular weight excluding hydrogens is 289 g/mol. The molecule has 1 aromatic heterocycles. The monoisotopic (exact) mass is 303 g/mol. The van der Waals surface area contributed by atoms with Gasteiger partial charge >= 0.3 is 0 Å². The molecule has 5 heteroatoms. The summed E-state index contributed by atoms with van der Waals surface area (Å²) in [6, 6.07) is 0.506. The van der Waals surface area contributed by atoms with Crippen molar-refractivity contribution >= 4 is 33.3 Å². The summed E-state index contributed by atoms with van der Waals surface area (Å²) in [4.78, 5) is 10.6. The highest BCUT2D eigenvalue weighted by molar-refractivity contribution is 9.10. The Morgan fingerprint density at radius 1 is 1.50 bits per heavy atom. The summed E-state index contributed by atoms with van der Waals surface area (Å²) in [5.41, 5.74) is 0. The lowest BCUT2D eigenvalue weighted by molar-refractivity contribution is 0.375. The second-order valence-corrected chi connectivity index (χ2v) is 5.67. The lowest BCUT2D eigenvalue weighted by Gasteiger charge is -2.37. The fourth-order valence-electron chi connectivity index (χ4n) is 2.26. The summed E-state index contributed by atoms with van der Waals surface area (Å²) in [5, 5.41) is 0.309. The van der Waals surface area contributed by atoms with Crippen molar-refractivity contribution in [2.24, 2.45) is 5.92 Å². The van der Waals surface area contributed by atoms with Crippen LogP contribution in [0.15, 0.2) is 10.7 Å². The van der Waals surface area contributed by atoms with E-state index in [1.54, 1.807) is 6.20 Å². The molecule has 0 radical (unpaired) electrons. The Morgan fingerprint density at radius 3 is 2.94 bits per heavy atom. The van der Waals surface area contributed by atoms with Crippen LogP contribution in [0.2, 0.25) is 5.28 Å². The molecule has 0 saturated carbocycles. The molecule has 0 spiro atoms. The van der Waals surface area contributed by atoms with E-state index in [1.807, 2.05) is 0 Å². The highest BCUT2D eigenvalue weighted by Crippen LogP contribution is 2.31. The van der Waals surface area contributed by atoms with Gasteiger partial charge in [-0.15, -0.1) is 0 Å². The van der Waals surface area contributed by atoms with Crippen LogP contribution < -0.4 is 4.90 Å². The summed E-state index contributed by atoms with van der Waals surface area (Å²) >= 11 is 9.33. The zero-order valence-electron chi connectivity index (χ0n) is 9.45. The number of nitrogens with zero attached hydrogens (tertiary/aromatic N) is 3. The van der Waals surface area contributed by atoms with E-state index in [1.165, 1.54) is 12.8 Å². The van der Waals surface area contributed by atoms with Crippen LogP contribution in [0.3, 0.4) is 0 Å². The maximum Gasteiger partial charge on any atom is 0.224 e. The molecule has 2 heterocycles. The van der Waals surface area contributed by atoms with Gasteiger partial charge in [0.1, 0.15) is 5.82 Å². The molecule has 1 saturated heterocycles. The molecule has 1 aliphatic heterocycles. The molecule has 1 aromatic rings. The van der Waals surface area contributed by atoms with Crippen molar-refractivity contribution in [3.05, 3.63) is 16.0 Å². The quantitative estimate of drug-likeness (QED) is 0.743. The van der Waals surface area contributed by atoms with Gasteiger partial charge in [-0.1, -0.05) is 6.92 Å².